The predicted molar refractivity (Wildman–Crippen MR) is 213 cm³/mol. The summed E-state index contributed by atoms with van der Waals surface area (Å²) in [4.78, 5) is 63.3. The van der Waals surface area contributed by atoms with Crippen molar-refractivity contribution in [3.05, 3.63) is 42.1 Å². The van der Waals surface area contributed by atoms with Gasteiger partial charge in [-0.2, -0.15) is 0 Å². The zero-order valence-corrected chi connectivity index (χ0v) is 32.7. The van der Waals surface area contributed by atoms with Crippen LogP contribution in [0.5, 0.6) is 0 Å². The third kappa shape index (κ3) is 19.1. The standard InChI is InChI=1S/C42H68N6O4/c1-5-6-7-8-9-10-11-12-13-14-15-16-17-24-41(52)48(30-34-27-35-21-18-19-22-37(35)46-29-34)31-40(51)47-38(23-20-25-45-42(43)44)39(50)28-36(33(4)49)26-32(2)3/h18-19,21-22,27,29,32,36,38H,5-17,20,23-26,28,30-31H2,1-4H3,(H,47,51)(H4,43,44,45)/t36-,38+/m1/s1. The third-order valence-corrected chi connectivity index (χ3v) is 9.65. The number of nitrogens with zero attached hydrogens (tertiary/aromatic N) is 3. The van der Waals surface area contributed by atoms with E-state index in [-0.39, 0.29) is 48.9 Å². The summed E-state index contributed by atoms with van der Waals surface area (Å²) in [5, 5.41) is 3.86. The van der Waals surface area contributed by atoms with E-state index in [1.54, 1.807) is 11.1 Å². The molecule has 0 bridgehead atoms. The van der Waals surface area contributed by atoms with Crippen LogP contribution in [0.4, 0.5) is 0 Å². The Labute approximate surface area is 313 Å². The smallest absolute Gasteiger partial charge is 0.240 e. The Morgan fingerprint density at radius 1 is 0.865 bits per heavy atom. The van der Waals surface area contributed by atoms with Gasteiger partial charge in [0.1, 0.15) is 5.78 Å². The molecule has 0 unspecified atom stereocenters. The molecule has 0 spiro atoms. The highest BCUT2D eigenvalue weighted by Gasteiger charge is 2.27. The highest BCUT2D eigenvalue weighted by atomic mass is 16.2. The number of guanidine groups is 1. The highest BCUT2D eigenvalue weighted by molar-refractivity contribution is 5.93. The van der Waals surface area contributed by atoms with Crippen molar-refractivity contribution in [2.45, 2.75) is 156 Å². The largest absolute Gasteiger partial charge is 0.370 e. The van der Waals surface area contributed by atoms with Gasteiger partial charge in [-0.05, 0) is 56.2 Å². The number of hydrogen-bond donors (Lipinski definition) is 3. The Morgan fingerprint density at radius 3 is 2.08 bits per heavy atom. The second-order valence-corrected chi connectivity index (χ2v) is 15.0. The van der Waals surface area contributed by atoms with Crippen molar-refractivity contribution in [3.8, 4) is 0 Å². The molecule has 1 heterocycles. The van der Waals surface area contributed by atoms with E-state index in [1.807, 2.05) is 44.2 Å². The summed E-state index contributed by atoms with van der Waals surface area (Å²) in [5.74, 6) is -0.976. The average molecular weight is 721 g/mol. The molecule has 2 rings (SSSR count). The lowest BCUT2D eigenvalue weighted by atomic mass is 9.87. The minimum Gasteiger partial charge on any atom is -0.370 e. The van der Waals surface area contributed by atoms with Crippen molar-refractivity contribution in [1.29, 1.82) is 0 Å². The van der Waals surface area contributed by atoms with Crippen molar-refractivity contribution in [2.24, 2.45) is 28.3 Å². The van der Waals surface area contributed by atoms with E-state index < -0.39 is 17.9 Å². The first-order valence-corrected chi connectivity index (χ1v) is 20.0. The molecular formula is C42H68N6O4. The molecule has 2 aromatic rings. The van der Waals surface area contributed by atoms with Crippen molar-refractivity contribution in [1.82, 2.24) is 15.2 Å². The van der Waals surface area contributed by atoms with Crippen LogP contribution in [0.15, 0.2) is 41.5 Å². The summed E-state index contributed by atoms with van der Waals surface area (Å²) in [6.45, 7) is 8.14. The number of carbonyl (C=O) groups excluding carboxylic acids is 4. The van der Waals surface area contributed by atoms with Crippen LogP contribution in [-0.4, -0.2) is 58.4 Å². The molecule has 0 aliphatic heterocycles. The molecule has 1 aromatic heterocycles. The van der Waals surface area contributed by atoms with E-state index in [2.05, 4.69) is 22.2 Å². The molecule has 2 amide bonds. The van der Waals surface area contributed by atoms with Crippen molar-refractivity contribution >= 4 is 40.2 Å². The summed E-state index contributed by atoms with van der Waals surface area (Å²) in [6, 6.07) is 8.97. The molecule has 0 saturated heterocycles. The molecule has 0 aliphatic carbocycles. The molecule has 1 aromatic carbocycles. The molecule has 0 radical (unpaired) electrons. The van der Waals surface area contributed by atoms with Crippen LogP contribution in [-0.2, 0) is 25.7 Å². The summed E-state index contributed by atoms with van der Waals surface area (Å²) in [7, 11) is 0. The number of carbonyl (C=O) groups is 4. The molecule has 52 heavy (non-hydrogen) atoms. The zero-order valence-electron chi connectivity index (χ0n) is 32.7. The predicted octanol–water partition coefficient (Wildman–Crippen LogP) is 7.79. The number of Topliss-reactive ketones (excluding diaryl/α,β-unsaturated/α-hetero) is 2. The molecule has 10 heteroatoms. The number of fused-ring (bicyclic) bond motifs is 1. The van der Waals surface area contributed by atoms with E-state index in [1.165, 1.54) is 71.1 Å². The number of benzene rings is 1. The number of ketones is 2. The molecular weight excluding hydrogens is 652 g/mol. The van der Waals surface area contributed by atoms with Crippen molar-refractivity contribution in [3.63, 3.8) is 0 Å². The fourth-order valence-electron chi connectivity index (χ4n) is 6.69. The van der Waals surface area contributed by atoms with Crippen LogP contribution in [0.1, 0.15) is 149 Å². The lowest BCUT2D eigenvalue weighted by Gasteiger charge is -2.25. The van der Waals surface area contributed by atoms with Crippen LogP contribution < -0.4 is 16.8 Å². The second kappa shape index (κ2) is 26.0. The van der Waals surface area contributed by atoms with Crippen LogP contribution in [0, 0.1) is 11.8 Å². The summed E-state index contributed by atoms with van der Waals surface area (Å²) in [5.41, 5.74) is 12.6. The third-order valence-electron chi connectivity index (χ3n) is 9.65. The van der Waals surface area contributed by atoms with Crippen LogP contribution >= 0.6 is 0 Å². The Balaban J connectivity index is 2.04. The van der Waals surface area contributed by atoms with Crippen LogP contribution in [0.2, 0.25) is 0 Å². The summed E-state index contributed by atoms with van der Waals surface area (Å²) >= 11 is 0. The van der Waals surface area contributed by atoms with Gasteiger partial charge in [0.25, 0.3) is 0 Å². The van der Waals surface area contributed by atoms with Crippen molar-refractivity contribution in [2.75, 3.05) is 13.1 Å². The summed E-state index contributed by atoms with van der Waals surface area (Å²) in [6.07, 6.45) is 19.4. The quantitative estimate of drug-likeness (QED) is 0.0439. The first-order valence-electron chi connectivity index (χ1n) is 20.0. The minimum atomic E-state index is -0.823. The molecule has 0 fully saturated rings. The number of para-hydroxylation sites is 1. The summed E-state index contributed by atoms with van der Waals surface area (Å²) < 4.78 is 0. The normalized spacial score (nSPS) is 12.4. The number of amides is 2. The maximum atomic E-state index is 13.6. The number of aromatic nitrogens is 1. The van der Waals surface area contributed by atoms with Gasteiger partial charge in [-0.1, -0.05) is 116 Å². The number of rotatable bonds is 29. The van der Waals surface area contributed by atoms with E-state index in [9.17, 15) is 19.2 Å². The van der Waals surface area contributed by atoms with Crippen LogP contribution in [0.3, 0.4) is 0 Å². The van der Waals surface area contributed by atoms with Gasteiger partial charge in [0, 0.05) is 43.4 Å². The first kappa shape index (κ1) is 44.3. The SMILES string of the molecule is CCCCCCCCCCCCCCCC(=O)N(CC(=O)N[C@@H](CCCN=C(N)N)C(=O)C[C@@H](CC(C)C)C(C)=O)Cc1cnc2ccccc2c1. The van der Waals surface area contributed by atoms with E-state index in [4.69, 9.17) is 11.5 Å². The second-order valence-electron chi connectivity index (χ2n) is 15.0. The van der Waals surface area contributed by atoms with Gasteiger partial charge < -0.3 is 21.7 Å². The lowest BCUT2D eigenvalue weighted by Crippen LogP contribution is -2.47. The zero-order chi connectivity index (χ0) is 38.1. The maximum absolute atomic E-state index is 13.6. The molecule has 290 valence electrons. The maximum Gasteiger partial charge on any atom is 0.240 e. The number of nitrogens with two attached hydrogens (primary N) is 2. The fraction of sp³-hybridized carbons (Fsp3) is 0.667. The Morgan fingerprint density at radius 2 is 1.48 bits per heavy atom. The number of hydrogen-bond acceptors (Lipinski definition) is 6. The van der Waals surface area contributed by atoms with Gasteiger partial charge in [0.2, 0.25) is 11.8 Å². The van der Waals surface area contributed by atoms with Gasteiger partial charge >= 0.3 is 0 Å². The Hall–Kier alpha value is -3.82. The van der Waals surface area contributed by atoms with E-state index in [0.29, 0.717) is 32.2 Å². The Bertz CT molecular complexity index is 1390. The topological polar surface area (TPSA) is 161 Å². The number of pyridine rings is 1. The molecule has 10 nitrogen and oxygen atoms in total. The molecule has 0 saturated carbocycles. The monoisotopic (exact) mass is 721 g/mol. The lowest BCUT2D eigenvalue weighted by molar-refractivity contribution is -0.137. The van der Waals surface area contributed by atoms with Gasteiger partial charge in [-0.25, -0.2) is 0 Å². The van der Waals surface area contributed by atoms with Crippen LogP contribution in [0.25, 0.3) is 10.9 Å². The van der Waals surface area contributed by atoms with Gasteiger partial charge in [0.05, 0.1) is 18.1 Å². The first-order chi connectivity index (χ1) is 25.0. The molecule has 2 atom stereocenters. The van der Waals surface area contributed by atoms with E-state index in [0.717, 1.165) is 35.7 Å². The number of unbranched alkanes of at least 4 members (excludes halogenated alkanes) is 12. The van der Waals surface area contributed by atoms with Gasteiger partial charge in [-0.3, -0.25) is 29.2 Å². The number of nitrogens with one attached hydrogen (secondary N) is 1. The molecule has 5 N–H and O–H groups in total. The number of aliphatic imine (C=N–C) groups is 1. The van der Waals surface area contributed by atoms with E-state index >= 15 is 0 Å². The Kier molecular flexibility index (Phi) is 22.2. The average Bonchev–Trinajstić information content (AvgIpc) is 3.10. The minimum absolute atomic E-state index is 0.0402. The van der Waals surface area contributed by atoms with Gasteiger partial charge in [-0.15, -0.1) is 0 Å². The van der Waals surface area contributed by atoms with Gasteiger partial charge in [0.15, 0.2) is 11.7 Å². The van der Waals surface area contributed by atoms with Crippen molar-refractivity contribution < 1.29 is 19.2 Å². The highest BCUT2D eigenvalue weighted by Crippen LogP contribution is 2.20. The molecule has 0 aliphatic rings. The fourth-order valence-corrected chi connectivity index (χ4v) is 6.69.